The first kappa shape index (κ1) is 16.2. The molecule has 0 fully saturated rings. The zero-order valence-electron chi connectivity index (χ0n) is 10.3. The number of halogens is 2. The van der Waals surface area contributed by atoms with E-state index in [4.69, 9.17) is 33.1 Å². The summed E-state index contributed by atoms with van der Waals surface area (Å²) in [7, 11) is -4.04. The number of nitrogens with two attached hydrogens (primary N) is 1. The van der Waals surface area contributed by atoms with Crippen molar-refractivity contribution < 1.29 is 17.9 Å². The van der Waals surface area contributed by atoms with Crippen LogP contribution in [-0.4, -0.2) is 21.0 Å². The summed E-state index contributed by atoms with van der Waals surface area (Å²) in [5.74, 6) is -0.576. The van der Waals surface area contributed by atoms with Crippen LogP contribution in [0.2, 0.25) is 10.0 Å². The van der Waals surface area contributed by atoms with Gasteiger partial charge in [0.05, 0.1) is 22.2 Å². The van der Waals surface area contributed by atoms with Gasteiger partial charge in [0.15, 0.2) is 0 Å². The number of hydrogen-bond donors (Lipinski definition) is 1. The Bertz CT molecular complexity index is 599. The van der Waals surface area contributed by atoms with Crippen LogP contribution in [0.25, 0.3) is 0 Å². The summed E-state index contributed by atoms with van der Waals surface area (Å²) < 4.78 is 27.6. The maximum absolute atomic E-state index is 11.8. The molecule has 2 N–H and O–H groups in total. The van der Waals surface area contributed by atoms with Crippen molar-refractivity contribution in [2.24, 2.45) is 11.1 Å². The van der Waals surface area contributed by atoms with Crippen LogP contribution >= 0.6 is 23.2 Å². The number of hydrogen-bond acceptors (Lipinski definition) is 4. The summed E-state index contributed by atoms with van der Waals surface area (Å²) in [5.41, 5.74) is -0.0873. The van der Waals surface area contributed by atoms with E-state index in [0.29, 0.717) is 0 Å². The van der Waals surface area contributed by atoms with Crippen LogP contribution in [0.4, 0.5) is 0 Å². The Morgan fingerprint density at radius 1 is 1.32 bits per heavy atom. The van der Waals surface area contributed by atoms with Gasteiger partial charge in [-0.1, -0.05) is 37.0 Å². The third kappa shape index (κ3) is 4.35. The highest BCUT2D eigenvalue weighted by molar-refractivity contribution is 7.89. The minimum Gasteiger partial charge on any atom is -0.462 e. The molecular formula is C11H13Cl2NO4S. The van der Waals surface area contributed by atoms with Crippen molar-refractivity contribution in [1.29, 1.82) is 0 Å². The Morgan fingerprint density at radius 2 is 1.89 bits per heavy atom. The Kier molecular flexibility index (Phi) is 5.20. The Balaban J connectivity index is 3.19. The molecule has 19 heavy (non-hydrogen) atoms. The molecule has 0 aromatic heterocycles. The van der Waals surface area contributed by atoms with E-state index in [0.717, 1.165) is 12.1 Å². The smallest absolute Gasteiger partial charge is 0.339 e. The van der Waals surface area contributed by atoms with Crippen molar-refractivity contribution in [3.05, 3.63) is 27.7 Å². The van der Waals surface area contributed by atoms with E-state index in [2.05, 4.69) is 0 Å². The molecule has 0 aliphatic carbocycles. The molecule has 8 heteroatoms. The van der Waals surface area contributed by atoms with Gasteiger partial charge in [-0.15, -0.1) is 0 Å². The molecule has 0 aliphatic heterocycles. The summed E-state index contributed by atoms with van der Waals surface area (Å²) in [6.07, 6.45) is 0. The minimum atomic E-state index is -4.04. The first-order valence-corrected chi connectivity index (χ1v) is 7.62. The molecule has 0 bridgehead atoms. The van der Waals surface area contributed by atoms with Gasteiger partial charge in [0, 0.05) is 0 Å². The largest absolute Gasteiger partial charge is 0.462 e. The lowest BCUT2D eigenvalue weighted by Gasteiger charge is -2.10. The fourth-order valence-corrected chi connectivity index (χ4v) is 2.62. The number of sulfonamides is 1. The fourth-order valence-electron chi connectivity index (χ4n) is 1.22. The van der Waals surface area contributed by atoms with Crippen molar-refractivity contribution in [3.63, 3.8) is 0 Å². The van der Waals surface area contributed by atoms with Crippen LogP contribution in [0.15, 0.2) is 17.0 Å². The summed E-state index contributed by atoms with van der Waals surface area (Å²) in [6, 6.07) is 2.16. The van der Waals surface area contributed by atoms with Gasteiger partial charge in [0.1, 0.15) is 4.90 Å². The van der Waals surface area contributed by atoms with Crippen molar-refractivity contribution in [2.45, 2.75) is 18.7 Å². The van der Waals surface area contributed by atoms with E-state index in [-0.39, 0.29) is 33.0 Å². The molecule has 1 rings (SSSR count). The standard InChI is InChI=1S/C11H13Cl2NO4S/c1-6(2)5-18-11(15)7-3-10(19(14,16)17)9(13)4-8(7)12/h3-4,6H,5H2,1-2H3,(H2,14,16,17). The van der Waals surface area contributed by atoms with Gasteiger partial charge in [0.2, 0.25) is 10.0 Å². The second kappa shape index (κ2) is 6.09. The molecule has 0 atom stereocenters. The van der Waals surface area contributed by atoms with Crippen LogP contribution in [0, 0.1) is 5.92 Å². The quantitative estimate of drug-likeness (QED) is 0.861. The molecule has 0 aliphatic rings. The zero-order chi connectivity index (χ0) is 14.8. The van der Waals surface area contributed by atoms with Gasteiger partial charge in [-0.05, 0) is 18.1 Å². The highest BCUT2D eigenvalue weighted by Crippen LogP contribution is 2.28. The lowest BCUT2D eigenvalue weighted by molar-refractivity contribution is 0.0459. The molecule has 1 aromatic carbocycles. The maximum atomic E-state index is 11.8. The van der Waals surface area contributed by atoms with Crippen LogP contribution in [-0.2, 0) is 14.8 Å². The summed E-state index contributed by atoms with van der Waals surface area (Å²) in [4.78, 5) is 11.4. The van der Waals surface area contributed by atoms with Gasteiger partial charge < -0.3 is 4.74 Å². The van der Waals surface area contributed by atoms with Crippen molar-refractivity contribution in [3.8, 4) is 0 Å². The minimum absolute atomic E-state index is 0.00570. The highest BCUT2D eigenvalue weighted by atomic mass is 35.5. The number of carbonyl (C=O) groups excluding carboxylic acids is 1. The molecular weight excluding hydrogens is 313 g/mol. The first-order chi connectivity index (χ1) is 8.62. The molecule has 0 heterocycles. The first-order valence-electron chi connectivity index (χ1n) is 5.32. The normalized spacial score (nSPS) is 11.7. The average molecular weight is 326 g/mol. The summed E-state index contributed by atoms with van der Waals surface area (Å²) in [5, 5.41) is 4.85. The van der Waals surface area contributed by atoms with Crippen LogP contribution in [0.3, 0.4) is 0 Å². The van der Waals surface area contributed by atoms with Crippen molar-refractivity contribution >= 4 is 39.2 Å². The van der Waals surface area contributed by atoms with Crippen LogP contribution < -0.4 is 5.14 Å². The molecule has 0 amide bonds. The maximum Gasteiger partial charge on any atom is 0.339 e. The van der Waals surface area contributed by atoms with E-state index < -0.39 is 16.0 Å². The molecule has 5 nitrogen and oxygen atoms in total. The topological polar surface area (TPSA) is 86.5 Å². The third-order valence-corrected chi connectivity index (χ3v) is 3.78. The second-order valence-corrected chi connectivity index (χ2v) is 6.64. The van der Waals surface area contributed by atoms with Crippen molar-refractivity contribution in [2.75, 3.05) is 6.61 Å². The second-order valence-electron chi connectivity index (χ2n) is 4.30. The van der Waals surface area contributed by atoms with Gasteiger partial charge in [-0.2, -0.15) is 0 Å². The highest BCUT2D eigenvalue weighted by Gasteiger charge is 2.20. The molecule has 0 saturated carbocycles. The number of esters is 1. The van der Waals surface area contributed by atoms with E-state index in [1.807, 2.05) is 13.8 Å². The van der Waals surface area contributed by atoms with Gasteiger partial charge in [-0.25, -0.2) is 18.4 Å². The lowest BCUT2D eigenvalue weighted by atomic mass is 10.2. The van der Waals surface area contributed by atoms with Gasteiger partial charge in [-0.3, -0.25) is 0 Å². The summed E-state index contributed by atoms with van der Waals surface area (Å²) in [6.45, 7) is 3.93. The third-order valence-electron chi connectivity index (χ3n) is 2.10. The Labute approximate surface area is 121 Å². The molecule has 106 valence electrons. The van der Waals surface area contributed by atoms with E-state index in [1.54, 1.807) is 0 Å². The predicted octanol–water partition coefficient (Wildman–Crippen LogP) is 2.45. The van der Waals surface area contributed by atoms with Crippen LogP contribution in [0.1, 0.15) is 24.2 Å². The molecule has 0 spiro atoms. The van der Waals surface area contributed by atoms with Crippen LogP contribution in [0.5, 0.6) is 0 Å². The molecule has 0 radical (unpaired) electrons. The Hall–Kier alpha value is -0.820. The number of ether oxygens (including phenoxy) is 1. The lowest BCUT2D eigenvalue weighted by Crippen LogP contribution is -2.15. The fraction of sp³-hybridized carbons (Fsp3) is 0.364. The predicted molar refractivity (Wildman–Crippen MR) is 73.0 cm³/mol. The number of rotatable bonds is 4. The zero-order valence-corrected chi connectivity index (χ0v) is 12.6. The molecule has 0 saturated heterocycles. The van der Waals surface area contributed by atoms with Gasteiger partial charge >= 0.3 is 5.97 Å². The monoisotopic (exact) mass is 325 g/mol. The van der Waals surface area contributed by atoms with E-state index in [1.165, 1.54) is 0 Å². The molecule has 1 aromatic rings. The number of carbonyl (C=O) groups is 1. The van der Waals surface area contributed by atoms with Crippen molar-refractivity contribution in [1.82, 2.24) is 0 Å². The molecule has 0 unspecified atom stereocenters. The Morgan fingerprint density at radius 3 is 2.37 bits per heavy atom. The van der Waals surface area contributed by atoms with Gasteiger partial charge in [0.25, 0.3) is 0 Å². The summed E-state index contributed by atoms with van der Waals surface area (Å²) >= 11 is 11.6. The van der Waals surface area contributed by atoms with E-state index in [9.17, 15) is 13.2 Å². The SMILES string of the molecule is CC(C)COC(=O)c1cc(S(N)(=O)=O)c(Cl)cc1Cl. The number of primary sulfonamides is 1. The average Bonchev–Trinajstić information content (AvgIpc) is 2.24. The number of benzene rings is 1. The van der Waals surface area contributed by atoms with E-state index >= 15 is 0 Å².